The number of ether oxygens (including phenoxy) is 2. The molecule has 1 N–H and O–H groups in total. The largest absolute Gasteiger partial charge is 0.494 e. The number of Topliss-reactive ketones (excluding diaryl/α,β-unsaturated/α-hetero) is 1. The van der Waals surface area contributed by atoms with E-state index < -0.39 is 6.10 Å². The van der Waals surface area contributed by atoms with E-state index in [2.05, 4.69) is 0 Å². The molecule has 2 aromatic carbocycles. The number of carbonyl (C=O) groups is 1. The van der Waals surface area contributed by atoms with Crippen molar-refractivity contribution < 1.29 is 19.4 Å². The standard InChI is InChI=1S/C18H20O4/c1-3-21-15-9-5-7-13(11-15)17(19)18(20)14-8-6-10-16(12-14)22-4-2/h5-12,17,19H,3-4H2,1-2H3. The Bertz CT molecular complexity index is 636. The van der Waals surface area contributed by atoms with E-state index in [-0.39, 0.29) is 5.78 Å². The van der Waals surface area contributed by atoms with Crippen LogP contribution in [0.2, 0.25) is 0 Å². The molecule has 4 heteroatoms. The highest BCUT2D eigenvalue weighted by Crippen LogP contribution is 2.24. The van der Waals surface area contributed by atoms with Crippen LogP contribution in [0.3, 0.4) is 0 Å². The zero-order valence-electron chi connectivity index (χ0n) is 12.8. The van der Waals surface area contributed by atoms with Gasteiger partial charge in [-0.25, -0.2) is 0 Å². The summed E-state index contributed by atoms with van der Waals surface area (Å²) in [6.07, 6.45) is -1.22. The van der Waals surface area contributed by atoms with E-state index in [0.717, 1.165) is 0 Å². The number of carbonyl (C=O) groups excluding carboxylic acids is 1. The zero-order valence-corrected chi connectivity index (χ0v) is 12.8. The van der Waals surface area contributed by atoms with E-state index in [0.29, 0.717) is 35.8 Å². The molecule has 0 heterocycles. The number of hydrogen-bond donors (Lipinski definition) is 1. The Hall–Kier alpha value is -2.33. The summed E-state index contributed by atoms with van der Waals surface area (Å²) in [6, 6.07) is 13.8. The Balaban J connectivity index is 2.21. The average molecular weight is 300 g/mol. The van der Waals surface area contributed by atoms with E-state index in [1.807, 2.05) is 13.8 Å². The van der Waals surface area contributed by atoms with Gasteiger partial charge in [-0.2, -0.15) is 0 Å². The second-order valence-electron chi connectivity index (χ2n) is 4.73. The molecule has 22 heavy (non-hydrogen) atoms. The number of aliphatic hydroxyl groups is 1. The first-order valence-electron chi connectivity index (χ1n) is 7.33. The Kier molecular flexibility index (Phi) is 5.55. The third-order valence-corrected chi connectivity index (χ3v) is 3.16. The predicted octanol–water partition coefficient (Wildman–Crippen LogP) is 3.40. The first-order chi connectivity index (χ1) is 10.7. The molecule has 2 rings (SSSR count). The van der Waals surface area contributed by atoms with Gasteiger partial charge in [0.25, 0.3) is 0 Å². The quantitative estimate of drug-likeness (QED) is 0.796. The molecule has 2 aromatic rings. The fourth-order valence-corrected chi connectivity index (χ4v) is 2.16. The molecule has 116 valence electrons. The highest BCUT2D eigenvalue weighted by Gasteiger charge is 2.20. The van der Waals surface area contributed by atoms with Crippen molar-refractivity contribution in [3.63, 3.8) is 0 Å². The maximum Gasteiger partial charge on any atom is 0.195 e. The van der Waals surface area contributed by atoms with Gasteiger partial charge in [-0.3, -0.25) is 4.79 Å². The van der Waals surface area contributed by atoms with Crippen LogP contribution in [0.5, 0.6) is 11.5 Å². The monoisotopic (exact) mass is 300 g/mol. The van der Waals surface area contributed by atoms with E-state index >= 15 is 0 Å². The van der Waals surface area contributed by atoms with Crippen molar-refractivity contribution >= 4 is 5.78 Å². The Morgan fingerprint density at radius 3 is 2.23 bits per heavy atom. The lowest BCUT2D eigenvalue weighted by Gasteiger charge is -2.12. The van der Waals surface area contributed by atoms with E-state index in [4.69, 9.17) is 9.47 Å². The molecule has 1 atom stereocenters. The number of hydrogen-bond acceptors (Lipinski definition) is 4. The molecule has 0 aliphatic carbocycles. The van der Waals surface area contributed by atoms with Crippen LogP contribution < -0.4 is 9.47 Å². The van der Waals surface area contributed by atoms with Crippen molar-refractivity contribution in [1.29, 1.82) is 0 Å². The van der Waals surface area contributed by atoms with E-state index in [1.165, 1.54) is 0 Å². The molecule has 0 spiro atoms. The third kappa shape index (κ3) is 3.86. The van der Waals surface area contributed by atoms with Crippen molar-refractivity contribution in [3.8, 4) is 11.5 Å². The Morgan fingerprint density at radius 2 is 1.59 bits per heavy atom. The lowest BCUT2D eigenvalue weighted by atomic mass is 9.99. The van der Waals surface area contributed by atoms with Gasteiger partial charge >= 0.3 is 0 Å². The lowest BCUT2D eigenvalue weighted by molar-refractivity contribution is 0.0746. The van der Waals surface area contributed by atoms with E-state index in [9.17, 15) is 9.90 Å². The minimum Gasteiger partial charge on any atom is -0.494 e. The molecular weight excluding hydrogens is 280 g/mol. The molecule has 1 unspecified atom stereocenters. The molecule has 4 nitrogen and oxygen atoms in total. The maximum atomic E-state index is 12.4. The van der Waals surface area contributed by atoms with Crippen LogP contribution >= 0.6 is 0 Å². The van der Waals surface area contributed by atoms with Crippen LogP contribution in [0, 0.1) is 0 Å². The van der Waals surface area contributed by atoms with Gasteiger partial charge in [-0.15, -0.1) is 0 Å². The summed E-state index contributed by atoms with van der Waals surface area (Å²) in [4.78, 5) is 12.4. The number of aliphatic hydroxyl groups excluding tert-OH is 1. The van der Waals surface area contributed by atoms with Crippen molar-refractivity contribution in [2.45, 2.75) is 20.0 Å². The molecule has 0 saturated carbocycles. The van der Waals surface area contributed by atoms with Crippen LogP contribution in [0.25, 0.3) is 0 Å². The van der Waals surface area contributed by atoms with Gasteiger partial charge < -0.3 is 14.6 Å². The molecule has 0 aliphatic rings. The van der Waals surface area contributed by atoms with Crippen LogP contribution in [0.1, 0.15) is 35.9 Å². The van der Waals surface area contributed by atoms with Crippen molar-refractivity contribution in [2.24, 2.45) is 0 Å². The molecule has 0 bridgehead atoms. The molecular formula is C18H20O4. The van der Waals surface area contributed by atoms with Crippen LogP contribution in [-0.4, -0.2) is 24.1 Å². The van der Waals surface area contributed by atoms with Crippen molar-refractivity contribution in [2.75, 3.05) is 13.2 Å². The SMILES string of the molecule is CCOc1cccc(C(=O)C(O)c2cccc(OCC)c2)c1. The minimum absolute atomic E-state index is 0.366. The second-order valence-corrected chi connectivity index (χ2v) is 4.73. The predicted molar refractivity (Wildman–Crippen MR) is 84.5 cm³/mol. The van der Waals surface area contributed by atoms with Gasteiger partial charge in [0.05, 0.1) is 13.2 Å². The van der Waals surface area contributed by atoms with Crippen molar-refractivity contribution in [3.05, 3.63) is 59.7 Å². The van der Waals surface area contributed by atoms with Gasteiger partial charge in [0.1, 0.15) is 17.6 Å². The summed E-state index contributed by atoms with van der Waals surface area (Å²) in [6.45, 7) is 4.82. The number of benzene rings is 2. The van der Waals surface area contributed by atoms with Crippen LogP contribution in [0.15, 0.2) is 48.5 Å². The third-order valence-electron chi connectivity index (χ3n) is 3.16. The summed E-state index contributed by atoms with van der Waals surface area (Å²) in [7, 11) is 0. The van der Waals surface area contributed by atoms with Gasteiger partial charge in [0.2, 0.25) is 0 Å². The highest BCUT2D eigenvalue weighted by molar-refractivity contribution is 6.00. The smallest absolute Gasteiger partial charge is 0.195 e. The van der Waals surface area contributed by atoms with Gasteiger partial charge in [-0.1, -0.05) is 24.3 Å². The molecule has 0 aromatic heterocycles. The zero-order chi connectivity index (χ0) is 15.9. The summed E-state index contributed by atoms with van der Waals surface area (Å²) in [5.41, 5.74) is 0.929. The number of ketones is 1. The van der Waals surface area contributed by atoms with Crippen LogP contribution in [0.4, 0.5) is 0 Å². The molecule has 0 amide bonds. The average Bonchev–Trinajstić information content (AvgIpc) is 2.55. The topological polar surface area (TPSA) is 55.8 Å². The molecule has 0 fully saturated rings. The minimum atomic E-state index is -1.22. The summed E-state index contributed by atoms with van der Waals surface area (Å²) in [5.74, 6) is 0.883. The van der Waals surface area contributed by atoms with Crippen LogP contribution in [-0.2, 0) is 0 Å². The van der Waals surface area contributed by atoms with Crippen molar-refractivity contribution in [1.82, 2.24) is 0 Å². The normalized spacial score (nSPS) is 11.8. The fourth-order valence-electron chi connectivity index (χ4n) is 2.16. The molecule has 0 aliphatic heterocycles. The van der Waals surface area contributed by atoms with Gasteiger partial charge in [0.15, 0.2) is 5.78 Å². The highest BCUT2D eigenvalue weighted by atomic mass is 16.5. The Labute approximate surface area is 130 Å². The molecule has 0 radical (unpaired) electrons. The second kappa shape index (κ2) is 7.61. The first-order valence-corrected chi connectivity index (χ1v) is 7.33. The first kappa shape index (κ1) is 16.0. The summed E-state index contributed by atoms with van der Waals surface area (Å²) in [5, 5.41) is 10.3. The fraction of sp³-hybridized carbons (Fsp3) is 0.278. The van der Waals surface area contributed by atoms with Gasteiger partial charge in [-0.05, 0) is 43.7 Å². The number of rotatable bonds is 7. The maximum absolute atomic E-state index is 12.4. The lowest BCUT2D eigenvalue weighted by Crippen LogP contribution is -2.12. The summed E-state index contributed by atoms with van der Waals surface area (Å²) >= 11 is 0. The summed E-state index contributed by atoms with van der Waals surface area (Å²) < 4.78 is 10.8. The Morgan fingerprint density at radius 1 is 1.00 bits per heavy atom. The van der Waals surface area contributed by atoms with E-state index in [1.54, 1.807) is 48.5 Å². The van der Waals surface area contributed by atoms with Gasteiger partial charge in [0, 0.05) is 5.56 Å². The molecule has 0 saturated heterocycles.